The average molecular weight is 561 g/mol. The van der Waals surface area contributed by atoms with Gasteiger partial charge in [-0.15, -0.1) is 8.78 Å². The standard InChI is InChI=1S/C26H23F4N5O5/c27-25(28)20-14-17(7-8-22(20)39-26(29,30)40-25)33-24(37)32-16-5-4-6-18(13-16)38-19-9-10-31-21(15-19)23(36)34-35-11-2-1-3-12-35/h4-10,13-15H,1-3,11-12H2,(H,34,36)(H2,32,33,37). The minimum atomic E-state index is -4.49. The summed E-state index contributed by atoms with van der Waals surface area (Å²) in [7, 11) is 0. The molecule has 0 aliphatic carbocycles. The van der Waals surface area contributed by atoms with Crippen LogP contribution in [-0.4, -0.2) is 41.3 Å². The molecule has 0 atom stereocenters. The predicted molar refractivity (Wildman–Crippen MR) is 133 cm³/mol. The van der Waals surface area contributed by atoms with Gasteiger partial charge in [0.2, 0.25) is 0 Å². The molecule has 14 heteroatoms. The number of carbonyl (C=O) groups excluding carboxylic acids is 2. The van der Waals surface area contributed by atoms with Crippen LogP contribution in [0, 0.1) is 0 Å². The summed E-state index contributed by atoms with van der Waals surface area (Å²) in [5, 5.41) is 6.72. The van der Waals surface area contributed by atoms with E-state index >= 15 is 0 Å². The Hall–Kier alpha value is -4.43. The molecule has 3 aromatic rings. The fourth-order valence-corrected chi connectivity index (χ4v) is 4.15. The molecule has 3 heterocycles. The van der Waals surface area contributed by atoms with Crippen molar-refractivity contribution in [2.75, 3.05) is 23.7 Å². The number of hydrogen-bond acceptors (Lipinski definition) is 7. The highest BCUT2D eigenvalue weighted by molar-refractivity contribution is 6.00. The van der Waals surface area contributed by atoms with Crippen molar-refractivity contribution in [2.45, 2.75) is 31.7 Å². The molecule has 2 aromatic carbocycles. The molecule has 0 radical (unpaired) electrons. The number of urea groups is 1. The Morgan fingerprint density at radius 3 is 2.40 bits per heavy atom. The number of nitrogens with one attached hydrogen (secondary N) is 3. The van der Waals surface area contributed by atoms with E-state index in [-0.39, 0.29) is 17.3 Å². The minimum Gasteiger partial charge on any atom is -0.457 e. The van der Waals surface area contributed by atoms with E-state index in [0.717, 1.165) is 50.6 Å². The van der Waals surface area contributed by atoms with Gasteiger partial charge in [-0.3, -0.25) is 15.2 Å². The Morgan fingerprint density at radius 2 is 1.62 bits per heavy atom. The van der Waals surface area contributed by atoms with Crippen LogP contribution in [0.2, 0.25) is 0 Å². The highest BCUT2D eigenvalue weighted by Crippen LogP contribution is 2.46. The van der Waals surface area contributed by atoms with Crippen LogP contribution in [0.4, 0.5) is 33.7 Å². The second-order valence-corrected chi connectivity index (χ2v) is 8.97. The van der Waals surface area contributed by atoms with Crippen LogP contribution < -0.4 is 25.5 Å². The molecule has 3 N–H and O–H groups in total. The number of carbonyl (C=O) groups is 2. The predicted octanol–water partition coefficient (Wildman–Crippen LogP) is 5.66. The fraction of sp³-hybridized carbons (Fsp3) is 0.269. The third kappa shape index (κ3) is 6.58. The van der Waals surface area contributed by atoms with Gasteiger partial charge in [0.05, 0.1) is 5.56 Å². The monoisotopic (exact) mass is 561 g/mol. The van der Waals surface area contributed by atoms with E-state index in [1.807, 2.05) is 5.01 Å². The van der Waals surface area contributed by atoms with Crippen molar-refractivity contribution in [1.29, 1.82) is 0 Å². The lowest BCUT2D eigenvalue weighted by Crippen LogP contribution is -2.45. The summed E-state index contributed by atoms with van der Waals surface area (Å²) < 4.78 is 67.8. The number of halogens is 4. The lowest BCUT2D eigenvalue weighted by Gasteiger charge is -2.30. The smallest absolute Gasteiger partial charge is 0.457 e. The summed E-state index contributed by atoms with van der Waals surface area (Å²) in [6, 6.07) is 11.3. The summed E-state index contributed by atoms with van der Waals surface area (Å²) in [6.45, 7) is 1.55. The second-order valence-electron chi connectivity index (χ2n) is 8.97. The maximum atomic E-state index is 14.0. The molecule has 2 aliphatic rings. The number of hydrazine groups is 1. The normalized spacial score (nSPS) is 17.6. The molecule has 0 bridgehead atoms. The van der Waals surface area contributed by atoms with E-state index in [1.54, 1.807) is 24.3 Å². The number of ether oxygens (including phenoxy) is 3. The van der Waals surface area contributed by atoms with Crippen molar-refractivity contribution in [3.8, 4) is 17.2 Å². The van der Waals surface area contributed by atoms with Crippen LogP contribution in [0.15, 0.2) is 60.8 Å². The second kappa shape index (κ2) is 11.0. The Labute approximate surface area is 225 Å². The highest BCUT2D eigenvalue weighted by atomic mass is 19.3. The average Bonchev–Trinajstić information content (AvgIpc) is 2.89. The molecule has 1 fully saturated rings. The van der Waals surface area contributed by atoms with Crippen molar-refractivity contribution < 1.29 is 41.4 Å². The largest absolute Gasteiger partial charge is 0.540 e. The number of pyridine rings is 1. The quantitative estimate of drug-likeness (QED) is 0.333. The fourth-order valence-electron chi connectivity index (χ4n) is 4.15. The number of anilines is 2. The van der Waals surface area contributed by atoms with Gasteiger partial charge < -0.3 is 20.1 Å². The Kier molecular flexibility index (Phi) is 7.45. The van der Waals surface area contributed by atoms with E-state index < -0.39 is 29.7 Å². The zero-order chi connectivity index (χ0) is 28.3. The van der Waals surface area contributed by atoms with E-state index in [9.17, 15) is 27.2 Å². The zero-order valence-electron chi connectivity index (χ0n) is 20.8. The molecular weight excluding hydrogens is 538 g/mol. The van der Waals surface area contributed by atoms with Gasteiger partial charge in [-0.25, -0.2) is 14.5 Å². The first kappa shape index (κ1) is 27.1. The third-order valence-electron chi connectivity index (χ3n) is 5.93. The lowest BCUT2D eigenvalue weighted by molar-refractivity contribution is -0.461. The van der Waals surface area contributed by atoms with Crippen molar-refractivity contribution in [3.05, 3.63) is 72.1 Å². The van der Waals surface area contributed by atoms with E-state index in [0.29, 0.717) is 17.2 Å². The number of amides is 3. The Bertz CT molecular complexity index is 1420. The van der Waals surface area contributed by atoms with Gasteiger partial charge in [0.15, 0.2) is 0 Å². The first-order chi connectivity index (χ1) is 19.1. The van der Waals surface area contributed by atoms with Crippen LogP contribution >= 0.6 is 0 Å². The summed E-state index contributed by atoms with van der Waals surface area (Å²) in [4.78, 5) is 29.2. The first-order valence-electron chi connectivity index (χ1n) is 12.2. The van der Waals surface area contributed by atoms with Crippen molar-refractivity contribution in [2.24, 2.45) is 0 Å². The molecular formula is C26H23F4N5O5. The molecule has 10 nitrogen and oxygen atoms in total. The van der Waals surface area contributed by atoms with Gasteiger partial charge >= 0.3 is 18.4 Å². The summed E-state index contributed by atoms with van der Waals surface area (Å²) in [5.41, 5.74) is 2.22. The van der Waals surface area contributed by atoms with Crippen LogP contribution in [-0.2, 0) is 10.8 Å². The SMILES string of the molecule is O=C(Nc1cccc(Oc2ccnc(C(=O)NN3CCCCC3)c2)c1)Nc1ccc2c(c1)C(F)(F)OC(F)(F)O2. The minimum absolute atomic E-state index is 0.118. The van der Waals surface area contributed by atoms with E-state index in [1.165, 1.54) is 18.3 Å². The summed E-state index contributed by atoms with van der Waals surface area (Å²) in [5.74, 6) is -0.466. The number of benzene rings is 2. The van der Waals surface area contributed by atoms with Crippen molar-refractivity contribution in [3.63, 3.8) is 0 Å². The van der Waals surface area contributed by atoms with Crippen molar-refractivity contribution in [1.82, 2.24) is 15.4 Å². The maximum Gasteiger partial charge on any atom is 0.540 e. The third-order valence-corrected chi connectivity index (χ3v) is 5.93. The van der Waals surface area contributed by atoms with Gasteiger partial charge in [0.25, 0.3) is 5.91 Å². The molecule has 2 aliphatic heterocycles. The first-order valence-corrected chi connectivity index (χ1v) is 12.2. The zero-order valence-corrected chi connectivity index (χ0v) is 20.8. The van der Waals surface area contributed by atoms with Crippen LogP contribution in [0.3, 0.4) is 0 Å². The number of nitrogens with zero attached hydrogens (tertiary/aromatic N) is 2. The van der Waals surface area contributed by atoms with Gasteiger partial charge in [-0.05, 0) is 49.2 Å². The number of piperidine rings is 1. The number of alkyl halides is 4. The summed E-state index contributed by atoms with van der Waals surface area (Å²) >= 11 is 0. The van der Waals surface area contributed by atoms with Crippen LogP contribution in [0.25, 0.3) is 0 Å². The van der Waals surface area contributed by atoms with Crippen molar-refractivity contribution >= 4 is 23.3 Å². The molecule has 0 unspecified atom stereocenters. The number of aromatic nitrogens is 1. The highest BCUT2D eigenvalue weighted by Gasteiger charge is 2.54. The Morgan fingerprint density at radius 1 is 0.900 bits per heavy atom. The molecule has 40 heavy (non-hydrogen) atoms. The number of hydrogen-bond donors (Lipinski definition) is 3. The molecule has 1 aromatic heterocycles. The molecule has 1 saturated heterocycles. The topological polar surface area (TPSA) is 114 Å². The van der Waals surface area contributed by atoms with Crippen LogP contribution in [0.1, 0.15) is 35.3 Å². The Balaban J connectivity index is 1.21. The lowest BCUT2D eigenvalue weighted by atomic mass is 10.1. The van der Waals surface area contributed by atoms with Crippen LogP contribution in [0.5, 0.6) is 17.2 Å². The molecule has 0 spiro atoms. The summed E-state index contributed by atoms with van der Waals surface area (Å²) in [6.07, 6.45) is -4.24. The van der Waals surface area contributed by atoms with Gasteiger partial charge in [-0.2, -0.15) is 8.78 Å². The molecule has 5 rings (SSSR count). The van der Waals surface area contributed by atoms with E-state index in [2.05, 4.69) is 30.5 Å². The van der Waals surface area contributed by atoms with E-state index in [4.69, 9.17) is 4.74 Å². The number of rotatable bonds is 6. The number of fused-ring (bicyclic) bond motifs is 1. The molecule has 0 saturated carbocycles. The molecule has 210 valence electrons. The van der Waals surface area contributed by atoms with Gasteiger partial charge in [-0.1, -0.05) is 12.5 Å². The van der Waals surface area contributed by atoms with Gasteiger partial charge in [0, 0.05) is 42.8 Å². The maximum absolute atomic E-state index is 14.0. The molecule has 3 amide bonds. The van der Waals surface area contributed by atoms with Gasteiger partial charge in [0.1, 0.15) is 22.9 Å².